The van der Waals surface area contributed by atoms with E-state index >= 15 is 0 Å². The highest BCUT2D eigenvalue weighted by Crippen LogP contribution is 2.23. The summed E-state index contributed by atoms with van der Waals surface area (Å²) >= 11 is 0. The van der Waals surface area contributed by atoms with Crippen molar-refractivity contribution in [1.29, 1.82) is 0 Å². The monoisotopic (exact) mass is 610 g/mol. The van der Waals surface area contributed by atoms with E-state index in [1.165, 1.54) is 6.08 Å². The van der Waals surface area contributed by atoms with E-state index in [4.69, 9.17) is 4.74 Å². The van der Waals surface area contributed by atoms with Gasteiger partial charge in [-0.15, -0.1) is 0 Å². The number of ether oxygens (including phenoxy) is 1. The molecule has 0 spiro atoms. The lowest BCUT2D eigenvalue weighted by Gasteiger charge is -2.27. The van der Waals surface area contributed by atoms with E-state index in [2.05, 4.69) is 0 Å². The number of hydrogen-bond acceptors (Lipinski definition) is 10. The standard InChI is InChI=1S/C33H54O10/c1-4-5-14-29-32(41)21-28(38)19-26(36)17-24(34)16-25(35)18-27(37)20-31(40)22(2)13-11-9-7-6-8-10-12-15-30(39)23(3)43-33(29)42/h6-13,15,23-32,34-41H,4-5,14,16-21H2,1-3H3. The molecule has 246 valence electrons. The van der Waals surface area contributed by atoms with Crippen molar-refractivity contribution in [3.8, 4) is 0 Å². The van der Waals surface area contributed by atoms with E-state index in [0.29, 0.717) is 18.4 Å². The lowest BCUT2D eigenvalue weighted by molar-refractivity contribution is -0.162. The van der Waals surface area contributed by atoms with Crippen LogP contribution in [0.2, 0.25) is 0 Å². The van der Waals surface area contributed by atoms with E-state index in [1.54, 1.807) is 62.5 Å². The third kappa shape index (κ3) is 17.1. The summed E-state index contributed by atoms with van der Waals surface area (Å²) < 4.78 is 5.45. The smallest absolute Gasteiger partial charge is 0.311 e. The van der Waals surface area contributed by atoms with Gasteiger partial charge >= 0.3 is 5.97 Å². The first-order chi connectivity index (χ1) is 20.3. The number of carbonyl (C=O) groups is 1. The van der Waals surface area contributed by atoms with Crippen LogP contribution < -0.4 is 0 Å². The van der Waals surface area contributed by atoms with Gasteiger partial charge in [-0.1, -0.05) is 74.4 Å². The molecule has 1 rings (SSSR count). The molecule has 0 saturated heterocycles. The van der Waals surface area contributed by atoms with Crippen LogP contribution in [0.15, 0.2) is 60.3 Å². The average Bonchev–Trinajstić information content (AvgIpc) is 2.90. The lowest BCUT2D eigenvalue weighted by atomic mass is 9.90. The molecule has 0 aromatic rings. The Morgan fingerprint density at radius 2 is 1.16 bits per heavy atom. The molecular formula is C33H54O10. The SMILES string of the molecule is CCCCC1C(=O)OC(C)C(O)C=CC=CC=CC=CC=C(C)C(O)CC(O)CC(O)CC(O)CC(O)CC(O)CC1O. The van der Waals surface area contributed by atoms with Crippen LogP contribution in [-0.4, -0.2) is 102 Å². The molecule has 1 aliphatic heterocycles. The second kappa shape index (κ2) is 21.5. The fourth-order valence-electron chi connectivity index (χ4n) is 4.83. The number of unbranched alkanes of at least 4 members (excludes halogenated alkanes) is 1. The quantitative estimate of drug-likeness (QED) is 0.220. The summed E-state index contributed by atoms with van der Waals surface area (Å²) in [5.74, 6) is -1.62. The third-order valence-corrected chi connectivity index (χ3v) is 7.46. The normalized spacial score (nSPS) is 35.5. The van der Waals surface area contributed by atoms with Gasteiger partial charge in [0, 0.05) is 12.8 Å². The van der Waals surface area contributed by atoms with Crippen LogP contribution in [0.4, 0.5) is 0 Å². The number of aliphatic hydroxyl groups excluding tert-OH is 8. The van der Waals surface area contributed by atoms with E-state index in [-0.39, 0.29) is 38.5 Å². The molecule has 0 amide bonds. The summed E-state index contributed by atoms with van der Waals surface area (Å²) in [5, 5.41) is 83.5. The Labute approximate surface area is 256 Å². The van der Waals surface area contributed by atoms with Crippen molar-refractivity contribution in [2.24, 2.45) is 5.92 Å². The molecule has 0 radical (unpaired) electrons. The molecule has 10 unspecified atom stereocenters. The number of hydrogen-bond donors (Lipinski definition) is 8. The summed E-state index contributed by atoms with van der Waals surface area (Å²) in [4.78, 5) is 12.9. The molecule has 10 atom stereocenters. The van der Waals surface area contributed by atoms with Crippen molar-refractivity contribution in [3.63, 3.8) is 0 Å². The van der Waals surface area contributed by atoms with Gasteiger partial charge in [0.15, 0.2) is 0 Å². The molecule has 0 aromatic heterocycles. The van der Waals surface area contributed by atoms with E-state index in [9.17, 15) is 45.6 Å². The molecule has 10 heteroatoms. The van der Waals surface area contributed by atoms with E-state index in [1.807, 2.05) is 6.92 Å². The van der Waals surface area contributed by atoms with Gasteiger partial charge in [-0.05, 0) is 51.5 Å². The van der Waals surface area contributed by atoms with Crippen LogP contribution in [0.3, 0.4) is 0 Å². The van der Waals surface area contributed by atoms with Crippen LogP contribution >= 0.6 is 0 Å². The molecular weight excluding hydrogens is 556 g/mol. The lowest BCUT2D eigenvalue weighted by Crippen LogP contribution is -2.37. The maximum atomic E-state index is 12.9. The van der Waals surface area contributed by atoms with Gasteiger partial charge in [0.2, 0.25) is 0 Å². The highest BCUT2D eigenvalue weighted by molar-refractivity contribution is 5.73. The predicted molar refractivity (Wildman–Crippen MR) is 165 cm³/mol. The molecule has 1 aliphatic rings. The van der Waals surface area contributed by atoms with Crippen molar-refractivity contribution < 1.29 is 50.4 Å². The molecule has 0 aliphatic carbocycles. The second-order valence-corrected chi connectivity index (χ2v) is 11.6. The summed E-state index contributed by atoms with van der Waals surface area (Å²) in [7, 11) is 0. The van der Waals surface area contributed by atoms with Crippen LogP contribution in [0, 0.1) is 5.92 Å². The first-order valence-corrected chi connectivity index (χ1v) is 15.3. The topological polar surface area (TPSA) is 188 Å². The minimum Gasteiger partial charge on any atom is -0.459 e. The summed E-state index contributed by atoms with van der Waals surface area (Å²) in [5.41, 5.74) is 0.622. The number of rotatable bonds is 3. The van der Waals surface area contributed by atoms with Crippen LogP contribution in [0.1, 0.15) is 78.6 Å². The second-order valence-electron chi connectivity index (χ2n) is 11.6. The van der Waals surface area contributed by atoms with Gasteiger partial charge in [-0.25, -0.2) is 0 Å². The zero-order valence-corrected chi connectivity index (χ0v) is 25.7. The van der Waals surface area contributed by atoms with E-state index < -0.39 is 66.8 Å². The van der Waals surface area contributed by atoms with Crippen molar-refractivity contribution in [2.45, 2.75) is 133 Å². The summed E-state index contributed by atoms with van der Waals surface area (Å²) in [6, 6.07) is 0. The van der Waals surface area contributed by atoms with Gasteiger partial charge in [-0.2, -0.15) is 0 Å². The average molecular weight is 611 g/mol. The minimum absolute atomic E-state index is 0.00262. The van der Waals surface area contributed by atoms with Crippen molar-refractivity contribution in [1.82, 2.24) is 0 Å². The molecule has 0 aromatic carbocycles. The maximum Gasteiger partial charge on any atom is 0.311 e. The molecule has 10 nitrogen and oxygen atoms in total. The van der Waals surface area contributed by atoms with E-state index in [0.717, 1.165) is 6.42 Å². The highest BCUT2D eigenvalue weighted by atomic mass is 16.6. The summed E-state index contributed by atoms with van der Waals surface area (Å²) in [6.07, 6.45) is 6.60. The fraction of sp³-hybridized carbons (Fsp3) is 0.667. The van der Waals surface area contributed by atoms with Crippen molar-refractivity contribution >= 4 is 5.97 Å². The largest absolute Gasteiger partial charge is 0.459 e. The Morgan fingerprint density at radius 3 is 1.70 bits per heavy atom. The Hall–Kier alpha value is -2.15. The molecule has 0 bridgehead atoms. The minimum atomic E-state index is -1.25. The van der Waals surface area contributed by atoms with Gasteiger partial charge in [0.25, 0.3) is 0 Å². The van der Waals surface area contributed by atoms with Crippen LogP contribution in [0.5, 0.6) is 0 Å². The molecule has 0 saturated carbocycles. The van der Waals surface area contributed by atoms with Gasteiger partial charge < -0.3 is 45.6 Å². The fourth-order valence-corrected chi connectivity index (χ4v) is 4.83. The summed E-state index contributed by atoms with van der Waals surface area (Å²) in [6.45, 7) is 5.21. The third-order valence-electron chi connectivity index (χ3n) is 7.46. The van der Waals surface area contributed by atoms with Crippen LogP contribution in [0.25, 0.3) is 0 Å². The van der Waals surface area contributed by atoms with Gasteiger partial charge in [0.05, 0.1) is 48.6 Å². The van der Waals surface area contributed by atoms with Crippen molar-refractivity contribution in [3.05, 3.63) is 60.3 Å². The number of aliphatic hydroxyl groups is 8. The molecule has 8 N–H and O–H groups in total. The highest BCUT2D eigenvalue weighted by Gasteiger charge is 2.32. The van der Waals surface area contributed by atoms with Gasteiger partial charge in [-0.3, -0.25) is 4.79 Å². The number of carbonyl (C=O) groups excluding carboxylic acids is 1. The van der Waals surface area contributed by atoms with Crippen molar-refractivity contribution in [2.75, 3.05) is 0 Å². The Morgan fingerprint density at radius 1 is 0.698 bits per heavy atom. The Kier molecular flexibility index (Phi) is 19.5. The first-order valence-electron chi connectivity index (χ1n) is 15.3. The number of esters is 1. The number of allylic oxidation sites excluding steroid dienone is 8. The molecule has 0 fully saturated rings. The Bertz CT molecular complexity index is 927. The maximum absolute atomic E-state index is 12.9. The first kappa shape index (κ1) is 38.9. The zero-order valence-electron chi connectivity index (χ0n) is 25.7. The van der Waals surface area contributed by atoms with Crippen LogP contribution in [-0.2, 0) is 9.53 Å². The molecule has 43 heavy (non-hydrogen) atoms. The Balaban J connectivity index is 3.06. The zero-order chi connectivity index (χ0) is 32.4. The molecule has 1 heterocycles. The predicted octanol–water partition coefficient (Wildman–Crippen LogP) is 2.14. The van der Waals surface area contributed by atoms with Gasteiger partial charge in [0.1, 0.15) is 12.2 Å². The number of cyclic esters (lactones) is 1.